The predicted octanol–water partition coefficient (Wildman–Crippen LogP) is 1.27. The summed E-state index contributed by atoms with van der Waals surface area (Å²) in [6.07, 6.45) is 1.53. The number of hydrogen-bond donors (Lipinski definition) is 1. The smallest absolute Gasteiger partial charge is 0.360 e. The summed E-state index contributed by atoms with van der Waals surface area (Å²) in [7, 11) is 0. The number of rotatable bonds is 5. The molecule has 1 saturated carbocycles. The molecular formula is C12H19N3O3. The van der Waals surface area contributed by atoms with E-state index in [2.05, 4.69) is 10.3 Å². The highest BCUT2D eigenvalue weighted by molar-refractivity contribution is 5.88. The number of aliphatic hydroxyl groups excluding tert-OH is 1. The van der Waals surface area contributed by atoms with Gasteiger partial charge in [-0.2, -0.15) is 0 Å². The Morgan fingerprint density at radius 1 is 1.56 bits per heavy atom. The van der Waals surface area contributed by atoms with Crippen LogP contribution >= 0.6 is 0 Å². The van der Waals surface area contributed by atoms with Gasteiger partial charge in [0.15, 0.2) is 5.69 Å². The number of hydrogen-bond acceptors (Lipinski definition) is 5. The van der Waals surface area contributed by atoms with Crippen LogP contribution in [-0.2, 0) is 4.74 Å². The van der Waals surface area contributed by atoms with Crippen molar-refractivity contribution in [2.24, 2.45) is 0 Å². The van der Waals surface area contributed by atoms with E-state index in [0.29, 0.717) is 18.2 Å². The number of ether oxygens (including phenoxy) is 1. The Morgan fingerprint density at radius 3 is 2.72 bits per heavy atom. The van der Waals surface area contributed by atoms with Gasteiger partial charge in [-0.3, -0.25) is 0 Å². The highest BCUT2D eigenvalue weighted by Crippen LogP contribution is 2.42. The van der Waals surface area contributed by atoms with Crippen LogP contribution in [0.1, 0.15) is 61.8 Å². The fourth-order valence-corrected chi connectivity index (χ4v) is 1.89. The van der Waals surface area contributed by atoms with E-state index in [-0.39, 0.29) is 6.04 Å². The van der Waals surface area contributed by atoms with Crippen LogP contribution in [0.2, 0.25) is 0 Å². The largest absolute Gasteiger partial charge is 0.461 e. The van der Waals surface area contributed by atoms with Gasteiger partial charge in [0.1, 0.15) is 0 Å². The maximum absolute atomic E-state index is 11.8. The van der Waals surface area contributed by atoms with Gasteiger partial charge in [0, 0.05) is 5.92 Å². The van der Waals surface area contributed by atoms with E-state index in [9.17, 15) is 9.90 Å². The van der Waals surface area contributed by atoms with E-state index in [1.165, 1.54) is 0 Å². The standard InChI is InChI=1S/C12H19N3O3/c1-4-18-12(17)10-11(9-5-6-9)15(14-13-10)7(2)8(3)16/h7-9,16H,4-6H2,1-3H3. The molecule has 0 spiro atoms. The first-order valence-electron chi connectivity index (χ1n) is 6.36. The Morgan fingerprint density at radius 2 is 2.22 bits per heavy atom. The van der Waals surface area contributed by atoms with Gasteiger partial charge in [-0.1, -0.05) is 5.21 Å². The van der Waals surface area contributed by atoms with Gasteiger partial charge in [0.2, 0.25) is 0 Å². The summed E-state index contributed by atoms with van der Waals surface area (Å²) in [5.74, 6) is -0.107. The number of aromatic nitrogens is 3. The van der Waals surface area contributed by atoms with Crippen LogP contribution in [0.5, 0.6) is 0 Å². The number of nitrogens with zero attached hydrogens (tertiary/aromatic N) is 3. The minimum Gasteiger partial charge on any atom is -0.461 e. The van der Waals surface area contributed by atoms with Crippen LogP contribution < -0.4 is 0 Å². The van der Waals surface area contributed by atoms with Crippen molar-refractivity contribution < 1.29 is 14.6 Å². The van der Waals surface area contributed by atoms with Gasteiger partial charge >= 0.3 is 5.97 Å². The highest BCUT2D eigenvalue weighted by atomic mass is 16.5. The third-order valence-corrected chi connectivity index (χ3v) is 3.25. The summed E-state index contributed by atoms with van der Waals surface area (Å²) in [5, 5.41) is 17.6. The Balaban J connectivity index is 2.34. The Hall–Kier alpha value is -1.43. The molecule has 1 heterocycles. The van der Waals surface area contributed by atoms with Gasteiger partial charge < -0.3 is 9.84 Å². The number of carbonyl (C=O) groups excluding carboxylic acids is 1. The Bertz CT molecular complexity index is 438. The van der Waals surface area contributed by atoms with Crippen molar-refractivity contribution in [1.29, 1.82) is 0 Å². The number of esters is 1. The zero-order valence-electron chi connectivity index (χ0n) is 11.0. The van der Waals surface area contributed by atoms with Gasteiger partial charge in [-0.05, 0) is 33.6 Å². The summed E-state index contributed by atoms with van der Waals surface area (Å²) < 4.78 is 6.64. The first-order valence-corrected chi connectivity index (χ1v) is 6.36. The molecule has 1 N–H and O–H groups in total. The molecule has 0 radical (unpaired) electrons. The summed E-state index contributed by atoms with van der Waals surface area (Å²) in [6, 6.07) is -0.198. The van der Waals surface area contributed by atoms with Crippen LogP contribution in [0.4, 0.5) is 0 Å². The SMILES string of the molecule is CCOC(=O)c1nnn(C(C)C(C)O)c1C1CC1. The van der Waals surface area contributed by atoms with E-state index in [1.807, 2.05) is 6.92 Å². The van der Waals surface area contributed by atoms with Crippen LogP contribution in [0.3, 0.4) is 0 Å². The first kappa shape index (κ1) is 13.0. The van der Waals surface area contributed by atoms with Crippen molar-refractivity contribution >= 4 is 5.97 Å². The molecule has 1 aromatic rings. The van der Waals surface area contributed by atoms with Gasteiger partial charge in [-0.15, -0.1) is 5.10 Å². The van der Waals surface area contributed by atoms with Crippen molar-refractivity contribution in [3.05, 3.63) is 11.4 Å². The highest BCUT2D eigenvalue weighted by Gasteiger charge is 2.36. The van der Waals surface area contributed by atoms with Crippen LogP contribution in [-0.4, -0.2) is 38.8 Å². The summed E-state index contributed by atoms with van der Waals surface area (Å²) in [4.78, 5) is 11.8. The molecule has 0 bridgehead atoms. The molecule has 2 atom stereocenters. The van der Waals surface area contributed by atoms with Crippen LogP contribution in [0, 0.1) is 0 Å². The van der Waals surface area contributed by atoms with Crippen LogP contribution in [0.15, 0.2) is 0 Å². The molecule has 0 amide bonds. The lowest BCUT2D eigenvalue weighted by atomic mass is 10.1. The van der Waals surface area contributed by atoms with E-state index >= 15 is 0 Å². The van der Waals surface area contributed by atoms with Crippen molar-refractivity contribution in [1.82, 2.24) is 15.0 Å². The quantitative estimate of drug-likeness (QED) is 0.800. The summed E-state index contributed by atoms with van der Waals surface area (Å²) in [6.45, 7) is 5.65. The van der Waals surface area contributed by atoms with E-state index in [1.54, 1.807) is 18.5 Å². The molecule has 2 rings (SSSR count). The second-order valence-electron chi connectivity index (χ2n) is 4.74. The summed E-state index contributed by atoms with van der Waals surface area (Å²) >= 11 is 0. The normalized spacial score (nSPS) is 18.4. The second-order valence-corrected chi connectivity index (χ2v) is 4.74. The lowest BCUT2D eigenvalue weighted by Gasteiger charge is -2.17. The maximum Gasteiger partial charge on any atom is 0.360 e. The molecule has 0 aliphatic heterocycles. The third-order valence-electron chi connectivity index (χ3n) is 3.25. The average Bonchev–Trinajstić information content (AvgIpc) is 3.07. The molecule has 6 nitrogen and oxygen atoms in total. The molecule has 1 fully saturated rings. The second kappa shape index (κ2) is 5.06. The molecule has 1 aliphatic rings. The van der Waals surface area contributed by atoms with Gasteiger partial charge in [0.25, 0.3) is 0 Å². The Labute approximate surface area is 106 Å². The Kier molecular flexibility index (Phi) is 3.65. The topological polar surface area (TPSA) is 77.2 Å². The van der Waals surface area contributed by atoms with Crippen molar-refractivity contribution in [2.45, 2.75) is 51.7 Å². The molecule has 0 saturated heterocycles. The van der Waals surface area contributed by atoms with Crippen LogP contribution in [0.25, 0.3) is 0 Å². The van der Waals surface area contributed by atoms with E-state index in [4.69, 9.17) is 4.74 Å². The minimum atomic E-state index is -0.542. The zero-order chi connectivity index (χ0) is 13.3. The molecule has 1 aliphatic carbocycles. The van der Waals surface area contributed by atoms with Crippen molar-refractivity contribution in [3.8, 4) is 0 Å². The number of aliphatic hydroxyl groups is 1. The zero-order valence-corrected chi connectivity index (χ0v) is 11.0. The lowest BCUT2D eigenvalue weighted by Crippen LogP contribution is -2.21. The molecule has 2 unspecified atom stereocenters. The molecule has 0 aromatic carbocycles. The minimum absolute atomic E-state index is 0.198. The average molecular weight is 253 g/mol. The lowest BCUT2D eigenvalue weighted by molar-refractivity contribution is 0.0517. The molecule has 100 valence electrons. The molecule has 6 heteroatoms. The monoisotopic (exact) mass is 253 g/mol. The van der Waals surface area contributed by atoms with E-state index < -0.39 is 12.1 Å². The maximum atomic E-state index is 11.8. The third kappa shape index (κ3) is 2.38. The molecular weight excluding hydrogens is 234 g/mol. The first-order chi connectivity index (χ1) is 8.56. The molecule has 18 heavy (non-hydrogen) atoms. The van der Waals surface area contributed by atoms with Crippen molar-refractivity contribution in [3.63, 3.8) is 0 Å². The van der Waals surface area contributed by atoms with E-state index in [0.717, 1.165) is 18.5 Å². The fraction of sp³-hybridized carbons (Fsp3) is 0.750. The number of carbonyl (C=O) groups is 1. The molecule has 1 aromatic heterocycles. The van der Waals surface area contributed by atoms with Gasteiger partial charge in [0.05, 0.1) is 24.4 Å². The predicted molar refractivity (Wildman–Crippen MR) is 64.3 cm³/mol. The van der Waals surface area contributed by atoms with Crippen molar-refractivity contribution in [2.75, 3.05) is 6.61 Å². The fourth-order valence-electron chi connectivity index (χ4n) is 1.89. The summed E-state index contributed by atoms with van der Waals surface area (Å²) in [5.41, 5.74) is 1.11. The van der Waals surface area contributed by atoms with Gasteiger partial charge in [-0.25, -0.2) is 9.48 Å².